The number of nitrogens with zero attached hydrogens (tertiary/aromatic N) is 4. The standard InChI is InChI=1S/C10H8N4O4S/c1-13-5-11-12-10(13)19-6-2-3-8(14(17)18)7(4-6)9(15)16/h2-5H,1H3,(H,15,16). The molecular formula is C10H8N4O4S. The monoisotopic (exact) mass is 280 g/mol. The molecule has 1 aromatic carbocycles. The first-order chi connectivity index (χ1) is 8.99. The topological polar surface area (TPSA) is 111 Å². The molecule has 0 saturated carbocycles. The van der Waals surface area contributed by atoms with E-state index in [1.807, 2.05) is 0 Å². The number of carboxylic acid groups (broad SMARTS) is 1. The van der Waals surface area contributed by atoms with E-state index in [9.17, 15) is 14.9 Å². The Morgan fingerprint density at radius 2 is 2.26 bits per heavy atom. The first-order valence-corrected chi connectivity index (χ1v) is 5.84. The smallest absolute Gasteiger partial charge is 0.342 e. The van der Waals surface area contributed by atoms with Gasteiger partial charge in [0.2, 0.25) is 0 Å². The van der Waals surface area contributed by atoms with Crippen LogP contribution in [0.3, 0.4) is 0 Å². The number of aryl methyl sites for hydroxylation is 1. The fourth-order valence-corrected chi connectivity index (χ4v) is 2.18. The molecule has 9 heteroatoms. The Bertz CT molecular complexity index is 655. The van der Waals surface area contributed by atoms with Crippen LogP contribution in [0.1, 0.15) is 10.4 Å². The lowest BCUT2D eigenvalue weighted by atomic mass is 10.2. The lowest BCUT2D eigenvalue weighted by Gasteiger charge is -2.03. The van der Waals surface area contributed by atoms with Crippen LogP contribution < -0.4 is 0 Å². The molecule has 0 bridgehead atoms. The van der Waals surface area contributed by atoms with E-state index in [1.165, 1.54) is 36.3 Å². The largest absolute Gasteiger partial charge is 0.477 e. The minimum Gasteiger partial charge on any atom is -0.477 e. The van der Waals surface area contributed by atoms with Crippen LogP contribution in [0.25, 0.3) is 0 Å². The van der Waals surface area contributed by atoms with Crippen LogP contribution in [0.5, 0.6) is 0 Å². The number of nitro benzene ring substituents is 1. The van der Waals surface area contributed by atoms with Gasteiger partial charge in [-0.15, -0.1) is 10.2 Å². The van der Waals surface area contributed by atoms with Crippen LogP contribution in [0, 0.1) is 10.1 Å². The van der Waals surface area contributed by atoms with Gasteiger partial charge in [-0.25, -0.2) is 4.79 Å². The molecule has 0 aliphatic carbocycles. The summed E-state index contributed by atoms with van der Waals surface area (Å²) in [6.07, 6.45) is 1.51. The Hall–Kier alpha value is -2.42. The molecule has 98 valence electrons. The second-order valence-corrected chi connectivity index (χ2v) is 4.61. The number of rotatable bonds is 4. The van der Waals surface area contributed by atoms with Gasteiger partial charge in [0, 0.05) is 18.0 Å². The molecule has 0 saturated heterocycles. The Morgan fingerprint density at radius 3 is 2.79 bits per heavy atom. The maximum Gasteiger partial charge on any atom is 0.342 e. The van der Waals surface area contributed by atoms with Crippen molar-refractivity contribution in [2.75, 3.05) is 0 Å². The van der Waals surface area contributed by atoms with Crippen LogP contribution in [0.2, 0.25) is 0 Å². The highest BCUT2D eigenvalue weighted by atomic mass is 32.2. The van der Waals surface area contributed by atoms with Crippen molar-refractivity contribution in [3.8, 4) is 0 Å². The Balaban J connectivity index is 2.39. The van der Waals surface area contributed by atoms with Crippen LogP contribution >= 0.6 is 11.8 Å². The minimum absolute atomic E-state index is 0.350. The Kier molecular flexibility index (Phi) is 3.47. The SMILES string of the molecule is Cn1cnnc1Sc1ccc([N+](=O)[O-])c(C(=O)O)c1. The summed E-state index contributed by atoms with van der Waals surface area (Å²) in [5.74, 6) is -1.34. The predicted octanol–water partition coefficient (Wildman–Crippen LogP) is 1.57. The highest BCUT2D eigenvalue weighted by Crippen LogP contribution is 2.29. The minimum atomic E-state index is -1.34. The van der Waals surface area contributed by atoms with Crippen molar-refractivity contribution < 1.29 is 14.8 Å². The molecule has 1 heterocycles. The highest BCUT2D eigenvalue weighted by molar-refractivity contribution is 7.99. The number of benzene rings is 1. The molecule has 1 aromatic heterocycles. The van der Waals surface area contributed by atoms with Crippen LogP contribution in [-0.4, -0.2) is 30.8 Å². The van der Waals surface area contributed by atoms with Crippen LogP contribution in [0.15, 0.2) is 34.6 Å². The highest BCUT2D eigenvalue weighted by Gasteiger charge is 2.20. The molecule has 1 N–H and O–H groups in total. The lowest BCUT2D eigenvalue weighted by molar-refractivity contribution is -0.385. The summed E-state index contributed by atoms with van der Waals surface area (Å²) in [5.41, 5.74) is -0.785. The van der Waals surface area contributed by atoms with Crippen molar-refractivity contribution in [1.82, 2.24) is 14.8 Å². The Labute approximate surface area is 111 Å². The van der Waals surface area contributed by atoms with Crippen molar-refractivity contribution in [2.45, 2.75) is 10.1 Å². The zero-order chi connectivity index (χ0) is 14.0. The number of hydrogen-bond acceptors (Lipinski definition) is 6. The van der Waals surface area contributed by atoms with Gasteiger partial charge in [-0.05, 0) is 23.9 Å². The third kappa shape index (κ3) is 2.71. The molecular weight excluding hydrogens is 272 g/mol. The number of carbonyl (C=O) groups is 1. The first kappa shape index (κ1) is 13.0. The van der Waals surface area contributed by atoms with Gasteiger partial charge in [-0.1, -0.05) is 0 Å². The number of carboxylic acids is 1. The molecule has 2 rings (SSSR count). The average molecular weight is 280 g/mol. The van der Waals surface area contributed by atoms with Crippen molar-refractivity contribution in [2.24, 2.45) is 7.05 Å². The Morgan fingerprint density at radius 1 is 1.53 bits per heavy atom. The van der Waals surface area contributed by atoms with Crippen molar-refractivity contribution in [3.05, 3.63) is 40.2 Å². The molecule has 8 nitrogen and oxygen atoms in total. The van der Waals surface area contributed by atoms with Gasteiger partial charge in [0.1, 0.15) is 11.9 Å². The van der Waals surface area contributed by atoms with E-state index in [4.69, 9.17) is 5.11 Å². The molecule has 2 aromatic rings. The van der Waals surface area contributed by atoms with E-state index in [0.29, 0.717) is 10.1 Å². The molecule has 0 aliphatic heterocycles. The zero-order valence-corrected chi connectivity index (χ0v) is 10.5. The number of hydrogen-bond donors (Lipinski definition) is 1. The van der Waals surface area contributed by atoms with Crippen molar-refractivity contribution >= 4 is 23.4 Å². The summed E-state index contributed by atoms with van der Waals surface area (Å²) in [4.78, 5) is 21.5. The quantitative estimate of drug-likeness (QED) is 0.668. The van der Waals surface area contributed by atoms with E-state index in [-0.39, 0.29) is 5.56 Å². The number of aromatic carboxylic acids is 1. The summed E-state index contributed by atoms with van der Waals surface area (Å²) >= 11 is 1.18. The maximum absolute atomic E-state index is 11.0. The molecule has 0 atom stereocenters. The summed E-state index contributed by atoms with van der Waals surface area (Å²) < 4.78 is 1.66. The van der Waals surface area contributed by atoms with Crippen LogP contribution in [-0.2, 0) is 7.05 Å². The van der Waals surface area contributed by atoms with Crippen LogP contribution in [0.4, 0.5) is 5.69 Å². The van der Waals surface area contributed by atoms with Gasteiger partial charge < -0.3 is 9.67 Å². The van der Waals surface area contributed by atoms with Gasteiger partial charge in [-0.3, -0.25) is 10.1 Å². The summed E-state index contributed by atoms with van der Waals surface area (Å²) in [6, 6.07) is 3.89. The normalized spacial score (nSPS) is 10.4. The molecule has 0 radical (unpaired) electrons. The zero-order valence-electron chi connectivity index (χ0n) is 9.68. The van der Waals surface area contributed by atoms with Crippen molar-refractivity contribution in [3.63, 3.8) is 0 Å². The third-order valence-electron chi connectivity index (χ3n) is 2.27. The van der Waals surface area contributed by atoms with Gasteiger partial charge in [0.25, 0.3) is 5.69 Å². The molecule has 0 aliphatic rings. The molecule has 19 heavy (non-hydrogen) atoms. The second-order valence-electron chi connectivity index (χ2n) is 3.57. The van der Waals surface area contributed by atoms with E-state index in [2.05, 4.69) is 10.2 Å². The van der Waals surface area contributed by atoms with E-state index >= 15 is 0 Å². The maximum atomic E-state index is 11.0. The first-order valence-electron chi connectivity index (χ1n) is 5.02. The van der Waals surface area contributed by atoms with E-state index in [1.54, 1.807) is 11.6 Å². The average Bonchev–Trinajstić information content (AvgIpc) is 2.74. The number of aromatic nitrogens is 3. The molecule has 0 fully saturated rings. The fraction of sp³-hybridized carbons (Fsp3) is 0.100. The van der Waals surface area contributed by atoms with E-state index < -0.39 is 16.6 Å². The summed E-state index contributed by atoms with van der Waals surface area (Å²) in [5, 5.41) is 27.8. The van der Waals surface area contributed by atoms with Gasteiger partial charge in [0.05, 0.1) is 4.92 Å². The summed E-state index contributed by atoms with van der Waals surface area (Å²) in [7, 11) is 1.74. The lowest BCUT2D eigenvalue weighted by Crippen LogP contribution is -2.02. The molecule has 0 unspecified atom stereocenters. The van der Waals surface area contributed by atoms with E-state index in [0.717, 1.165) is 0 Å². The van der Waals surface area contributed by atoms with Gasteiger partial charge >= 0.3 is 5.97 Å². The fourth-order valence-electron chi connectivity index (χ4n) is 1.38. The molecule has 0 amide bonds. The molecule has 0 spiro atoms. The van der Waals surface area contributed by atoms with Crippen molar-refractivity contribution in [1.29, 1.82) is 0 Å². The third-order valence-corrected chi connectivity index (χ3v) is 3.32. The predicted molar refractivity (Wildman–Crippen MR) is 65.2 cm³/mol. The van der Waals surface area contributed by atoms with Gasteiger partial charge in [0.15, 0.2) is 5.16 Å². The second kappa shape index (κ2) is 5.06. The number of nitro groups is 1. The van der Waals surface area contributed by atoms with Gasteiger partial charge in [-0.2, -0.15) is 0 Å². The summed E-state index contributed by atoms with van der Waals surface area (Å²) in [6.45, 7) is 0.